The van der Waals surface area contributed by atoms with E-state index < -0.39 is 27.2 Å². The Bertz CT molecular complexity index is 1110. The molecule has 1 fully saturated rings. The van der Waals surface area contributed by atoms with Gasteiger partial charge in [0, 0.05) is 11.3 Å². The van der Waals surface area contributed by atoms with E-state index in [1.165, 1.54) is 12.1 Å². The summed E-state index contributed by atoms with van der Waals surface area (Å²) in [5, 5.41) is 2.98. The van der Waals surface area contributed by atoms with Gasteiger partial charge in [-0.1, -0.05) is 38.1 Å². The van der Waals surface area contributed by atoms with E-state index in [0.29, 0.717) is 24.1 Å². The molecule has 1 aliphatic carbocycles. The molecule has 0 radical (unpaired) electrons. The fourth-order valence-electron chi connectivity index (χ4n) is 3.98. The molecule has 0 heterocycles. The van der Waals surface area contributed by atoms with E-state index in [9.17, 15) is 26.4 Å². The molecule has 2 aromatic carbocycles. The third-order valence-corrected chi connectivity index (χ3v) is 6.68. The SMILES string of the molecule is CCc1cc(C(C)NC(=O)[C@@H]2C[C@]2(C)c2ccc(C(F)(F)F)cc2)ccc1NS(C)(=O)=O. The Kier molecular flexibility index (Phi) is 6.34. The molecule has 2 N–H and O–H groups in total. The third-order valence-electron chi connectivity index (χ3n) is 6.09. The maximum atomic E-state index is 12.8. The second-order valence-corrected chi connectivity index (χ2v) is 10.4. The van der Waals surface area contributed by atoms with Gasteiger partial charge in [0.25, 0.3) is 0 Å². The molecule has 5 nitrogen and oxygen atoms in total. The first-order valence-electron chi connectivity index (χ1n) is 10.3. The van der Waals surface area contributed by atoms with Gasteiger partial charge in [0.2, 0.25) is 15.9 Å². The lowest BCUT2D eigenvalue weighted by molar-refractivity contribution is -0.137. The summed E-state index contributed by atoms with van der Waals surface area (Å²) in [6, 6.07) is 9.99. The molecule has 1 unspecified atom stereocenters. The van der Waals surface area contributed by atoms with Gasteiger partial charge in [-0.05, 0) is 54.7 Å². The van der Waals surface area contributed by atoms with Crippen LogP contribution in [0.2, 0.25) is 0 Å². The summed E-state index contributed by atoms with van der Waals surface area (Å²) >= 11 is 0. The number of nitrogens with one attached hydrogen (secondary N) is 2. The summed E-state index contributed by atoms with van der Waals surface area (Å²) in [5.74, 6) is -0.477. The van der Waals surface area contributed by atoms with Gasteiger partial charge in [-0.25, -0.2) is 8.42 Å². The zero-order chi connectivity index (χ0) is 23.9. The minimum atomic E-state index is -4.39. The Balaban J connectivity index is 1.69. The van der Waals surface area contributed by atoms with Crippen LogP contribution in [0.25, 0.3) is 0 Å². The van der Waals surface area contributed by atoms with Gasteiger partial charge in [-0.3, -0.25) is 9.52 Å². The van der Waals surface area contributed by atoms with Crippen molar-refractivity contribution in [1.29, 1.82) is 0 Å². The third kappa shape index (κ3) is 5.26. The Morgan fingerprint density at radius 1 is 1.19 bits per heavy atom. The highest BCUT2D eigenvalue weighted by Crippen LogP contribution is 2.54. The number of aryl methyl sites for hydroxylation is 1. The van der Waals surface area contributed by atoms with Crippen molar-refractivity contribution in [2.45, 2.75) is 51.2 Å². The van der Waals surface area contributed by atoms with Crippen LogP contribution in [0.4, 0.5) is 18.9 Å². The number of hydrogen-bond acceptors (Lipinski definition) is 3. The number of halogens is 3. The summed E-state index contributed by atoms with van der Waals surface area (Å²) in [6.07, 6.45) is -2.12. The summed E-state index contributed by atoms with van der Waals surface area (Å²) in [6.45, 7) is 5.63. The summed E-state index contributed by atoms with van der Waals surface area (Å²) in [5.41, 5.74) is 1.67. The van der Waals surface area contributed by atoms with Crippen LogP contribution in [-0.4, -0.2) is 20.6 Å². The molecule has 3 rings (SSSR count). The summed E-state index contributed by atoms with van der Waals surface area (Å²) in [4.78, 5) is 12.8. The standard InChI is InChI=1S/C23H27F3N2O3S/c1-5-15-12-16(6-11-20(15)28-32(4,30)31)14(2)27-21(29)19-13-22(19,3)17-7-9-18(10-8-17)23(24,25)26/h6-12,14,19,28H,5,13H2,1-4H3,(H,27,29)/t14?,19-,22+/m0/s1. The molecule has 1 amide bonds. The van der Waals surface area contributed by atoms with Crippen LogP contribution < -0.4 is 10.0 Å². The minimum absolute atomic E-state index is 0.156. The number of hydrogen-bond donors (Lipinski definition) is 2. The van der Waals surface area contributed by atoms with E-state index >= 15 is 0 Å². The number of sulfonamides is 1. The number of rotatable bonds is 7. The number of carbonyl (C=O) groups is 1. The molecule has 3 atom stereocenters. The first-order chi connectivity index (χ1) is 14.7. The predicted molar refractivity (Wildman–Crippen MR) is 118 cm³/mol. The van der Waals surface area contributed by atoms with Gasteiger partial charge in [0.05, 0.1) is 23.5 Å². The van der Waals surface area contributed by atoms with Crippen LogP contribution >= 0.6 is 0 Å². The molecule has 9 heteroatoms. The number of anilines is 1. The number of carbonyl (C=O) groups excluding carboxylic acids is 1. The highest BCUT2D eigenvalue weighted by Gasteiger charge is 2.55. The Labute approximate surface area is 186 Å². The second-order valence-electron chi connectivity index (χ2n) is 8.62. The van der Waals surface area contributed by atoms with Crippen LogP contribution in [0.15, 0.2) is 42.5 Å². The van der Waals surface area contributed by atoms with Crippen molar-refractivity contribution in [3.63, 3.8) is 0 Å². The van der Waals surface area contributed by atoms with Crippen LogP contribution in [0.1, 0.15) is 55.5 Å². The number of alkyl halides is 3. The molecule has 32 heavy (non-hydrogen) atoms. The molecular formula is C23H27F3N2O3S. The molecule has 0 aliphatic heterocycles. The van der Waals surface area contributed by atoms with Crippen molar-refractivity contribution < 1.29 is 26.4 Å². The van der Waals surface area contributed by atoms with E-state index in [1.54, 1.807) is 12.1 Å². The van der Waals surface area contributed by atoms with Crippen LogP contribution in [0.3, 0.4) is 0 Å². The molecule has 0 spiro atoms. The molecule has 2 aromatic rings. The first-order valence-corrected chi connectivity index (χ1v) is 12.2. The Morgan fingerprint density at radius 2 is 1.81 bits per heavy atom. The molecule has 0 saturated heterocycles. The quantitative estimate of drug-likeness (QED) is 0.613. The fourth-order valence-corrected chi connectivity index (χ4v) is 4.58. The smallest absolute Gasteiger partial charge is 0.349 e. The maximum absolute atomic E-state index is 12.8. The maximum Gasteiger partial charge on any atom is 0.416 e. The van der Waals surface area contributed by atoms with Gasteiger partial charge in [0.15, 0.2) is 0 Å². The van der Waals surface area contributed by atoms with E-state index in [2.05, 4.69) is 10.0 Å². The monoisotopic (exact) mass is 468 g/mol. The number of benzene rings is 2. The predicted octanol–water partition coefficient (Wildman–Crippen LogP) is 4.79. The van der Waals surface area contributed by atoms with E-state index in [1.807, 2.05) is 26.8 Å². The van der Waals surface area contributed by atoms with Gasteiger partial charge >= 0.3 is 6.18 Å². The minimum Gasteiger partial charge on any atom is -0.349 e. The number of amides is 1. The fraction of sp³-hybridized carbons (Fsp3) is 0.435. The Morgan fingerprint density at radius 3 is 2.34 bits per heavy atom. The zero-order valence-corrected chi connectivity index (χ0v) is 19.2. The molecule has 1 aliphatic rings. The van der Waals surface area contributed by atoms with Gasteiger partial charge in [0.1, 0.15) is 0 Å². The molecule has 174 valence electrons. The van der Waals surface area contributed by atoms with Gasteiger partial charge in [-0.15, -0.1) is 0 Å². The average molecular weight is 469 g/mol. The lowest BCUT2D eigenvalue weighted by Crippen LogP contribution is -2.30. The van der Waals surface area contributed by atoms with Gasteiger partial charge < -0.3 is 5.32 Å². The van der Waals surface area contributed by atoms with E-state index in [4.69, 9.17) is 0 Å². The van der Waals surface area contributed by atoms with Crippen molar-refractivity contribution in [3.05, 3.63) is 64.7 Å². The highest BCUT2D eigenvalue weighted by atomic mass is 32.2. The average Bonchev–Trinajstić information content (AvgIpc) is 3.39. The molecule has 0 bridgehead atoms. The second kappa shape index (κ2) is 8.42. The van der Waals surface area contributed by atoms with Crippen LogP contribution in [0, 0.1) is 5.92 Å². The summed E-state index contributed by atoms with van der Waals surface area (Å²) in [7, 11) is -3.40. The highest BCUT2D eigenvalue weighted by molar-refractivity contribution is 7.92. The van der Waals surface area contributed by atoms with Crippen LogP contribution in [0.5, 0.6) is 0 Å². The first kappa shape index (κ1) is 24.1. The molecule has 0 aromatic heterocycles. The zero-order valence-electron chi connectivity index (χ0n) is 18.4. The van der Waals surface area contributed by atoms with Crippen molar-refractivity contribution in [2.75, 3.05) is 11.0 Å². The van der Waals surface area contributed by atoms with Gasteiger partial charge in [-0.2, -0.15) is 13.2 Å². The molecular weight excluding hydrogens is 441 g/mol. The lowest BCUT2D eigenvalue weighted by atomic mass is 9.94. The van der Waals surface area contributed by atoms with Crippen molar-refractivity contribution in [3.8, 4) is 0 Å². The molecule has 1 saturated carbocycles. The van der Waals surface area contributed by atoms with Crippen LogP contribution in [-0.2, 0) is 32.8 Å². The van der Waals surface area contributed by atoms with E-state index in [-0.39, 0.29) is 17.9 Å². The van der Waals surface area contributed by atoms with Crippen molar-refractivity contribution >= 4 is 21.6 Å². The largest absolute Gasteiger partial charge is 0.416 e. The van der Waals surface area contributed by atoms with Crippen molar-refractivity contribution in [1.82, 2.24) is 5.32 Å². The lowest BCUT2D eigenvalue weighted by Gasteiger charge is -2.19. The Hall–Kier alpha value is -2.55. The van der Waals surface area contributed by atoms with Crippen molar-refractivity contribution in [2.24, 2.45) is 5.92 Å². The summed E-state index contributed by atoms with van der Waals surface area (Å²) < 4.78 is 64.0. The topological polar surface area (TPSA) is 75.3 Å². The van der Waals surface area contributed by atoms with E-state index in [0.717, 1.165) is 29.5 Å². The normalized spacial score (nSPS) is 21.7.